The van der Waals surface area contributed by atoms with E-state index < -0.39 is 35.6 Å². The van der Waals surface area contributed by atoms with Crippen molar-refractivity contribution < 1.29 is 33.0 Å². The van der Waals surface area contributed by atoms with Crippen LogP contribution < -0.4 is 11.1 Å². The number of halogens is 1. The topological polar surface area (TPSA) is 125 Å². The maximum atomic E-state index is 13.3. The number of amides is 2. The first-order valence-corrected chi connectivity index (χ1v) is 11.8. The van der Waals surface area contributed by atoms with E-state index in [-0.39, 0.29) is 24.2 Å². The largest absolute Gasteiger partial charge is 0.468 e. The summed E-state index contributed by atoms with van der Waals surface area (Å²) in [5, 5.41) is 2.76. The van der Waals surface area contributed by atoms with Crippen molar-refractivity contribution in [3.8, 4) is 0 Å². The molecule has 0 heterocycles. The molecule has 192 valence electrons. The summed E-state index contributed by atoms with van der Waals surface area (Å²) >= 11 is 0. The number of ether oxygens (including phenoxy) is 2. The Morgan fingerprint density at radius 3 is 2.08 bits per heavy atom. The van der Waals surface area contributed by atoms with Crippen LogP contribution in [-0.4, -0.2) is 38.0 Å². The molecular weight excluding hydrogens is 467 g/mol. The zero-order valence-electron chi connectivity index (χ0n) is 20.4. The number of primary amides is 1. The molecule has 3 atom stereocenters. The molecule has 0 unspecified atom stereocenters. The molecule has 1 fully saturated rings. The van der Waals surface area contributed by atoms with E-state index >= 15 is 0 Å². The van der Waals surface area contributed by atoms with Crippen LogP contribution in [0.5, 0.6) is 0 Å². The van der Waals surface area contributed by atoms with Gasteiger partial charge in [0.1, 0.15) is 11.9 Å². The Kier molecular flexibility index (Phi) is 9.16. The van der Waals surface area contributed by atoms with Crippen molar-refractivity contribution in [3.05, 3.63) is 71.0 Å². The summed E-state index contributed by atoms with van der Waals surface area (Å²) in [7, 11) is 2.43. The molecule has 3 rings (SSSR count). The van der Waals surface area contributed by atoms with Gasteiger partial charge in [0.05, 0.1) is 14.2 Å². The summed E-state index contributed by atoms with van der Waals surface area (Å²) in [4.78, 5) is 49.3. The minimum absolute atomic E-state index is 0.0773. The van der Waals surface area contributed by atoms with Crippen molar-refractivity contribution in [1.29, 1.82) is 0 Å². The van der Waals surface area contributed by atoms with E-state index in [1.807, 2.05) is 24.3 Å². The summed E-state index contributed by atoms with van der Waals surface area (Å²) in [6.45, 7) is 0. The molecule has 0 aliphatic heterocycles. The van der Waals surface area contributed by atoms with Gasteiger partial charge in [-0.2, -0.15) is 0 Å². The Hall–Kier alpha value is -3.75. The maximum absolute atomic E-state index is 13.3. The Labute approximate surface area is 209 Å². The van der Waals surface area contributed by atoms with Gasteiger partial charge in [0, 0.05) is 5.92 Å². The van der Waals surface area contributed by atoms with E-state index in [4.69, 9.17) is 15.2 Å². The molecule has 1 saturated carbocycles. The van der Waals surface area contributed by atoms with Crippen molar-refractivity contribution in [3.63, 3.8) is 0 Å². The average Bonchev–Trinajstić information content (AvgIpc) is 2.90. The summed E-state index contributed by atoms with van der Waals surface area (Å²) < 4.78 is 22.7. The third-order valence-corrected chi connectivity index (χ3v) is 6.70. The number of methoxy groups -OCH3 is 2. The number of nitrogens with one attached hydrogen (secondary N) is 1. The SMILES string of the molecule is COC(=O)C(Cc1ccc([C@@H]2CCCC[C@H]2C(=O)N[C@H](C(N)=O)c2ccc(F)cc2)cc1)C(=O)OC. The highest BCUT2D eigenvalue weighted by molar-refractivity contribution is 5.95. The highest BCUT2D eigenvalue weighted by Crippen LogP contribution is 2.38. The predicted molar refractivity (Wildman–Crippen MR) is 129 cm³/mol. The smallest absolute Gasteiger partial charge is 0.320 e. The zero-order valence-corrected chi connectivity index (χ0v) is 20.4. The van der Waals surface area contributed by atoms with Crippen LogP contribution in [0.25, 0.3) is 0 Å². The molecule has 8 nitrogen and oxygen atoms in total. The van der Waals surface area contributed by atoms with Gasteiger partial charge in [0.15, 0.2) is 5.92 Å². The van der Waals surface area contributed by atoms with Crippen molar-refractivity contribution >= 4 is 23.8 Å². The van der Waals surface area contributed by atoms with Gasteiger partial charge in [-0.05, 0) is 54.0 Å². The van der Waals surface area contributed by atoms with Crippen LogP contribution in [0, 0.1) is 17.7 Å². The van der Waals surface area contributed by atoms with Crippen LogP contribution in [0.4, 0.5) is 4.39 Å². The van der Waals surface area contributed by atoms with E-state index in [0.29, 0.717) is 12.0 Å². The summed E-state index contributed by atoms with van der Waals surface area (Å²) in [6.07, 6.45) is 3.42. The van der Waals surface area contributed by atoms with Crippen molar-refractivity contribution in [1.82, 2.24) is 5.32 Å². The Morgan fingerprint density at radius 2 is 1.53 bits per heavy atom. The Bertz CT molecular complexity index is 1070. The van der Waals surface area contributed by atoms with E-state index in [9.17, 15) is 23.6 Å². The number of carbonyl (C=O) groups is 4. The average molecular weight is 499 g/mol. The molecule has 0 saturated heterocycles. The minimum Gasteiger partial charge on any atom is -0.468 e. The van der Waals surface area contributed by atoms with E-state index in [2.05, 4.69) is 5.32 Å². The lowest BCUT2D eigenvalue weighted by Gasteiger charge is -2.32. The molecule has 36 heavy (non-hydrogen) atoms. The van der Waals surface area contributed by atoms with E-state index in [0.717, 1.165) is 30.4 Å². The summed E-state index contributed by atoms with van der Waals surface area (Å²) in [5.41, 5.74) is 7.65. The number of hydrogen-bond acceptors (Lipinski definition) is 6. The quantitative estimate of drug-likeness (QED) is 0.405. The van der Waals surface area contributed by atoms with Gasteiger partial charge < -0.3 is 20.5 Å². The molecule has 0 spiro atoms. The van der Waals surface area contributed by atoms with Crippen molar-refractivity contribution in [2.45, 2.75) is 44.1 Å². The zero-order chi connectivity index (χ0) is 26.2. The van der Waals surface area contributed by atoms with Crippen LogP contribution in [0.15, 0.2) is 48.5 Å². The molecule has 1 aliphatic rings. The fourth-order valence-electron chi connectivity index (χ4n) is 4.75. The summed E-state index contributed by atoms with van der Waals surface area (Å²) in [6, 6.07) is 11.7. The number of nitrogens with two attached hydrogens (primary N) is 1. The van der Waals surface area contributed by atoms with E-state index in [1.165, 1.54) is 38.5 Å². The van der Waals surface area contributed by atoms with Gasteiger partial charge in [0.2, 0.25) is 11.8 Å². The number of rotatable bonds is 9. The van der Waals surface area contributed by atoms with Gasteiger partial charge in [-0.1, -0.05) is 49.2 Å². The first-order chi connectivity index (χ1) is 17.2. The van der Waals surface area contributed by atoms with E-state index in [1.54, 1.807) is 0 Å². The minimum atomic E-state index is -1.06. The second kappa shape index (κ2) is 12.3. The van der Waals surface area contributed by atoms with Gasteiger partial charge >= 0.3 is 11.9 Å². The van der Waals surface area contributed by atoms with Gasteiger partial charge in [-0.15, -0.1) is 0 Å². The van der Waals surface area contributed by atoms with Crippen LogP contribution in [0.2, 0.25) is 0 Å². The lowest BCUT2D eigenvalue weighted by atomic mass is 9.74. The molecule has 3 N–H and O–H groups in total. The number of carbonyl (C=O) groups excluding carboxylic acids is 4. The lowest BCUT2D eigenvalue weighted by molar-refractivity contribution is -0.158. The molecule has 9 heteroatoms. The molecule has 0 aromatic heterocycles. The van der Waals surface area contributed by atoms with Crippen molar-refractivity contribution in [2.75, 3.05) is 14.2 Å². The van der Waals surface area contributed by atoms with Gasteiger partial charge in [-0.25, -0.2) is 4.39 Å². The van der Waals surface area contributed by atoms with Gasteiger partial charge in [-0.3, -0.25) is 19.2 Å². The number of esters is 2. The maximum Gasteiger partial charge on any atom is 0.320 e. The Morgan fingerprint density at radius 1 is 0.944 bits per heavy atom. The molecule has 2 amide bonds. The standard InChI is InChI=1S/C27H31FN2O6/c1-35-26(33)22(27(34)36-2)15-16-7-9-17(10-8-16)20-5-3-4-6-21(20)25(32)30-23(24(29)31)18-11-13-19(28)14-12-18/h7-14,20-23H,3-6,15H2,1-2H3,(H2,29,31)(H,30,32)/t20-,21+,23-/m0/s1. The Balaban J connectivity index is 1.76. The first-order valence-electron chi connectivity index (χ1n) is 11.8. The number of hydrogen-bond donors (Lipinski definition) is 2. The fourth-order valence-corrected chi connectivity index (χ4v) is 4.75. The molecule has 0 radical (unpaired) electrons. The van der Waals surface area contributed by atoms with Gasteiger partial charge in [0.25, 0.3) is 0 Å². The third-order valence-electron chi connectivity index (χ3n) is 6.70. The third kappa shape index (κ3) is 6.47. The van der Waals surface area contributed by atoms with Crippen LogP contribution in [-0.2, 0) is 35.1 Å². The molecule has 1 aliphatic carbocycles. The molecular formula is C27H31FN2O6. The first kappa shape index (κ1) is 26.8. The second-order valence-electron chi connectivity index (χ2n) is 8.94. The number of benzene rings is 2. The molecule has 2 aromatic carbocycles. The van der Waals surface area contributed by atoms with Crippen LogP contribution >= 0.6 is 0 Å². The lowest BCUT2D eigenvalue weighted by Crippen LogP contribution is -2.42. The van der Waals surface area contributed by atoms with Crippen LogP contribution in [0.3, 0.4) is 0 Å². The normalized spacial score (nSPS) is 18.2. The summed E-state index contributed by atoms with van der Waals surface area (Å²) in [5.74, 6) is -4.30. The molecule has 2 aromatic rings. The molecule has 0 bridgehead atoms. The fraction of sp³-hybridized carbons (Fsp3) is 0.407. The predicted octanol–water partition coefficient (Wildman–Crippen LogP) is 2.95. The highest BCUT2D eigenvalue weighted by atomic mass is 19.1. The second-order valence-corrected chi connectivity index (χ2v) is 8.94. The monoisotopic (exact) mass is 498 g/mol. The highest BCUT2D eigenvalue weighted by Gasteiger charge is 2.34. The van der Waals surface area contributed by atoms with Crippen molar-refractivity contribution in [2.24, 2.45) is 17.6 Å². The van der Waals surface area contributed by atoms with Crippen LogP contribution in [0.1, 0.15) is 54.3 Å².